The minimum Gasteiger partial charge on any atom is -0.491 e. The Morgan fingerprint density at radius 1 is 1.36 bits per heavy atom. The highest BCUT2D eigenvalue weighted by Crippen LogP contribution is 2.21. The first kappa shape index (κ1) is 11.5. The van der Waals surface area contributed by atoms with Crippen molar-refractivity contribution in [2.24, 2.45) is 5.73 Å². The minimum atomic E-state index is 0.502. The van der Waals surface area contributed by atoms with Crippen molar-refractivity contribution in [2.75, 3.05) is 20.3 Å². The van der Waals surface area contributed by atoms with E-state index >= 15 is 0 Å². The Morgan fingerprint density at radius 2 is 2.14 bits per heavy atom. The molecule has 0 fully saturated rings. The zero-order valence-electron chi connectivity index (χ0n) is 8.13. The monoisotopic (exact) mass is 259 g/mol. The molecular formula is C10H14BrNO2. The van der Waals surface area contributed by atoms with Crippen LogP contribution in [-0.4, -0.2) is 20.3 Å². The Balaban J connectivity index is 2.60. The molecule has 1 rings (SSSR count). The first-order valence-corrected chi connectivity index (χ1v) is 5.17. The van der Waals surface area contributed by atoms with E-state index in [0.29, 0.717) is 19.8 Å². The Labute approximate surface area is 92.3 Å². The van der Waals surface area contributed by atoms with Gasteiger partial charge in [0.1, 0.15) is 12.4 Å². The molecule has 0 aliphatic rings. The highest BCUT2D eigenvalue weighted by Gasteiger charge is 2.00. The third-order valence-corrected chi connectivity index (χ3v) is 2.57. The summed E-state index contributed by atoms with van der Waals surface area (Å²) in [5.74, 6) is 0.825. The highest BCUT2D eigenvalue weighted by atomic mass is 79.9. The predicted octanol–water partition coefficient (Wildman–Crippen LogP) is 1.93. The summed E-state index contributed by atoms with van der Waals surface area (Å²) in [7, 11) is 1.65. The molecule has 0 aromatic heterocycles. The number of halogens is 1. The van der Waals surface area contributed by atoms with Crippen molar-refractivity contribution in [3.05, 3.63) is 28.2 Å². The highest BCUT2D eigenvalue weighted by molar-refractivity contribution is 9.10. The van der Waals surface area contributed by atoms with Crippen molar-refractivity contribution < 1.29 is 9.47 Å². The van der Waals surface area contributed by atoms with Gasteiger partial charge in [-0.25, -0.2) is 0 Å². The van der Waals surface area contributed by atoms with Crippen LogP contribution < -0.4 is 10.5 Å². The molecule has 0 spiro atoms. The summed E-state index contributed by atoms with van der Waals surface area (Å²) in [5.41, 5.74) is 6.61. The molecule has 14 heavy (non-hydrogen) atoms. The van der Waals surface area contributed by atoms with Gasteiger partial charge in [-0.2, -0.15) is 0 Å². The van der Waals surface area contributed by atoms with Crippen LogP contribution in [0.2, 0.25) is 0 Å². The smallest absolute Gasteiger partial charge is 0.119 e. The maximum absolute atomic E-state index is 5.56. The molecule has 4 heteroatoms. The van der Waals surface area contributed by atoms with E-state index in [1.807, 2.05) is 18.2 Å². The summed E-state index contributed by atoms with van der Waals surface area (Å²) < 4.78 is 11.3. The Morgan fingerprint density at radius 3 is 2.79 bits per heavy atom. The molecule has 1 aromatic carbocycles. The van der Waals surface area contributed by atoms with Gasteiger partial charge in [0, 0.05) is 18.1 Å². The average molecular weight is 260 g/mol. The summed E-state index contributed by atoms with van der Waals surface area (Å²) in [4.78, 5) is 0. The number of rotatable bonds is 5. The number of hydrogen-bond donors (Lipinski definition) is 1. The van der Waals surface area contributed by atoms with Gasteiger partial charge >= 0.3 is 0 Å². The van der Waals surface area contributed by atoms with E-state index in [2.05, 4.69) is 15.9 Å². The number of nitrogens with two attached hydrogens (primary N) is 1. The fourth-order valence-corrected chi connectivity index (χ4v) is 1.45. The molecular weight excluding hydrogens is 246 g/mol. The van der Waals surface area contributed by atoms with Gasteiger partial charge in [-0.05, 0) is 23.8 Å². The van der Waals surface area contributed by atoms with Crippen LogP contribution in [0.25, 0.3) is 0 Å². The largest absolute Gasteiger partial charge is 0.491 e. The number of methoxy groups -OCH3 is 1. The normalized spacial score (nSPS) is 10.2. The van der Waals surface area contributed by atoms with E-state index < -0.39 is 0 Å². The van der Waals surface area contributed by atoms with Crippen LogP contribution in [0.1, 0.15) is 5.56 Å². The summed E-state index contributed by atoms with van der Waals surface area (Å²) in [5, 5.41) is 0. The predicted molar refractivity (Wildman–Crippen MR) is 59.4 cm³/mol. The first-order valence-electron chi connectivity index (χ1n) is 4.38. The van der Waals surface area contributed by atoms with Gasteiger partial charge < -0.3 is 15.2 Å². The Kier molecular flexibility index (Phi) is 4.93. The zero-order valence-corrected chi connectivity index (χ0v) is 9.71. The molecule has 0 atom stereocenters. The van der Waals surface area contributed by atoms with Crippen LogP contribution in [0, 0.1) is 0 Å². The number of ether oxygens (including phenoxy) is 2. The van der Waals surface area contributed by atoms with Crippen LogP contribution in [0.5, 0.6) is 5.75 Å². The molecule has 0 saturated heterocycles. The van der Waals surface area contributed by atoms with Crippen LogP contribution >= 0.6 is 15.9 Å². The van der Waals surface area contributed by atoms with Crippen molar-refractivity contribution in [3.8, 4) is 5.75 Å². The van der Waals surface area contributed by atoms with Crippen LogP contribution in [0.3, 0.4) is 0 Å². The van der Waals surface area contributed by atoms with Gasteiger partial charge in [-0.1, -0.05) is 15.9 Å². The average Bonchev–Trinajstić information content (AvgIpc) is 2.21. The summed E-state index contributed by atoms with van der Waals surface area (Å²) in [6, 6.07) is 5.77. The third-order valence-electron chi connectivity index (χ3n) is 1.79. The zero-order chi connectivity index (χ0) is 10.4. The Bertz CT molecular complexity index is 291. The van der Waals surface area contributed by atoms with Gasteiger partial charge in [0.25, 0.3) is 0 Å². The van der Waals surface area contributed by atoms with E-state index in [9.17, 15) is 0 Å². The van der Waals surface area contributed by atoms with Gasteiger partial charge in [0.15, 0.2) is 0 Å². The van der Waals surface area contributed by atoms with Crippen molar-refractivity contribution in [1.82, 2.24) is 0 Å². The lowest BCUT2D eigenvalue weighted by Gasteiger charge is -2.07. The molecule has 0 bridgehead atoms. The molecule has 78 valence electrons. The first-order chi connectivity index (χ1) is 6.77. The van der Waals surface area contributed by atoms with Gasteiger partial charge in [-0.3, -0.25) is 0 Å². The second-order valence-corrected chi connectivity index (χ2v) is 3.65. The molecule has 0 heterocycles. The standard InChI is InChI=1S/C10H14BrNO2/c1-13-4-5-14-9-2-3-10(11)8(6-9)7-12/h2-3,6H,4-5,7,12H2,1H3. The molecule has 1 aromatic rings. The maximum Gasteiger partial charge on any atom is 0.119 e. The van der Waals surface area contributed by atoms with Crippen molar-refractivity contribution in [2.45, 2.75) is 6.54 Å². The van der Waals surface area contributed by atoms with E-state index in [-0.39, 0.29) is 0 Å². The molecule has 3 nitrogen and oxygen atoms in total. The lowest BCUT2D eigenvalue weighted by molar-refractivity contribution is 0.146. The molecule has 0 amide bonds. The van der Waals surface area contributed by atoms with E-state index in [4.69, 9.17) is 15.2 Å². The molecule has 2 N–H and O–H groups in total. The van der Waals surface area contributed by atoms with Gasteiger partial charge in [-0.15, -0.1) is 0 Å². The topological polar surface area (TPSA) is 44.5 Å². The molecule has 0 aliphatic heterocycles. The van der Waals surface area contributed by atoms with E-state index in [1.165, 1.54) is 0 Å². The molecule has 0 saturated carbocycles. The van der Waals surface area contributed by atoms with E-state index in [1.54, 1.807) is 7.11 Å². The van der Waals surface area contributed by atoms with Crippen molar-refractivity contribution >= 4 is 15.9 Å². The van der Waals surface area contributed by atoms with Crippen LogP contribution in [-0.2, 0) is 11.3 Å². The maximum atomic E-state index is 5.56. The molecule has 0 aliphatic carbocycles. The SMILES string of the molecule is COCCOc1ccc(Br)c(CN)c1. The Hall–Kier alpha value is -0.580. The van der Waals surface area contributed by atoms with Gasteiger partial charge in [0.05, 0.1) is 6.61 Å². The second kappa shape index (κ2) is 6.01. The second-order valence-electron chi connectivity index (χ2n) is 2.80. The summed E-state index contributed by atoms with van der Waals surface area (Å²) in [6.07, 6.45) is 0. The summed E-state index contributed by atoms with van der Waals surface area (Å²) in [6.45, 7) is 1.65. The number of benzene rings is 1. The molecule has 0 unspecified atom stereocenters. The van der Waals surface area contributed by atoms with Crippen molar-refractivity contribution in [3.63, 3.8) is 0 Å². The summed E-state index contributed by atoms with van der Waals surface area (Å²) >= 11 is 3.41. The van der Waals surface area contributed by atoms with Crippen molar-refractivity contribution in [1.29, 1.82) is 0 Å². The lowest BCUT2D eigenvalue weighted by Crippen LogP contribution is -2.05. The minimum absolute atomic E-state index is 0.502. The van der Waals surface area contributed by atoms with Crippen LogP contribution in [0.15, 0.2) is 22.7 Å². The lowest BCUT2D eigenvalue weighted by atomic mass is 10.2. The quantitative estimate of drug-likeness (QED) is 0.823. The van der Waals surface area contributed by atoms with Gasteiger partial charge in [0.2, 0.25) is 0 Å². The third kappa shape index (κ3) is 3.29. The van der Waals surface area contributed by atoms with Crippen LogP contribution in [0.4, 0.5) is 0 Å². The fourth-order valence-electron chi connectivity index (χ4n) is 1.04. The fraction of sp³-hybridized carbons (Fsp3) is 0.400. The molecule has 0 radical (unpaired) electrons. The van der Waals surface area contributed by atoms with E-state index in [0.717, 1.165) is 15.8 Å². The number of hydrogen-bond acceptors (Lipinski definition) is 3.